The van der Waals surface area contributed by atoms with E-state index in [1.54, 1.807) is 0 Å². The van der Waals surface area contributed by atoms with Crippen LogP contribution in [-0.4, -0.2) is 16.4 Å². The summed E-state index contributed by atoms with van der Waals surface area (Å²) in [6.45, 7) is 23.6. The zero-order valence-corrected chi connectivity index (χ0v) is 23.5. The number of aliphatic imine (C=N–C) groups is 2. The van der Waals surface area contributed by atoms with Crippen molar-refractivity contribution in [3.63, 3.8) is 0 Å². The Morgan fingerprint density at radius 1 is 0.611 bits per heavy atom. The average molecular weight is 480 g/mol. The van der Waals surface area contributed by atoms with Crippen molar-refractivity contribution in [3.8, 4) is 0 Å². The Kier molecular flexibility index (Phi) is 8.79. The topological polar surface area (TPSA) is 37.6 Å². The zero-order valence-electron chi connectivity index (χ0n) is 23.5. The van der Waals surface area contributed by atoms with E-state index in [0.29, 0.717) is 17.8 Å². The van der Waals surface area contributed by atoms with E-state index in [4.69, 9.17) is 15.0 Å². The first-order chi connectivity index (χ1) is 17.0. The third kappa shape index (κ3) is 6.07. The summed E-state index contributed by atoms with van der Waals surface area (Å²) < 4.78 is 0. The highest BCUT2D eigenvalue weighted by Crippen LogP contribution is 2.36. The molecular weight excluding hydrogens is 438 g/mol. The van der Waals surface area contributed by atoms with Crippen LogP contribution in [0.3, 0.4) is 0 Å². The molecule has 0 amide bonds. The molecule has 0 radical (unpaired) electrons. The van der Waals surface area contributed by atoms with E-state index in [2.05, 4.69) is 84.5 Å². The summed E-state index contributed by atoms with van der Waals surface area (Å²) in [4.78, 5) is 15.2. The van der Waals surface area contributed by atoms with Gasteiger partial charge in [-0.1, -0.05) is 90.6 Å². The van der Waals surface area contributed by atoms with Crippen molar-refractivity contribution < 1.29 is 0 Å². The Hall–Kier alpha value is -3.33. The lowest BCUT2D eigenvalue weighted by molar-refractivity contribution is 0.834. The van der Waals surface area contributed by atoms with Gasteiger partial charge in [-0.15, -0.1) is 0 Å². The fourth-order valence-corrected chi connectivity index (χ4v) is 4.42. The van der Waals surface area contributed by atoms with Crippen LogP contribution in [0.2, 0.25) is 0 Å². The molecule has 0 N–H and O–H groups in total. The molecule has 1 heterocycles. The van der Waals surface area contributed by atoms with E-state index < -0.39 is 0 Å². The molecule has 3 heteroatoms. The summed E-state index contributed by atoms with van der Waals surface area (Å²) in [7, 11) is 0. The highest BCUT2D eigenvalue weighted by molar-refractivity contribution is 6.03. The van der Waals surface area contributed by atoms with E-state index in [1.165, 1.54) is 16.7 Å². The number of nitrogens with zero attached hydrogens (tertiary/aromatic N) is 3. The number of hydrogen-bond acceptors (Lipinski definition) is 3. The van der Waals surface area contributed by atoms with Crippen molar-refractivity contribution in [2.45, 2.75) is 80.1 Å². The first kappa shape index (κ1) is 27.3. The van der Waals surface area contributed by atoms with Crippen molar-refractivity contribution in [3.05, 3.63) is 94.8 Å². The molecule has 0 fully saturated rings. The smallest absolute Gasteiger partial charge is 0.0849 e. The fourth-order valence-electron chi connectivity index (χ4n) is 4.42. The minimum absolute atomic E-state index is 0.362. The van der Waals surface area contributed by atoms with Gasteiger partial charge in [0.25, 0.3) is 0 Å². The monoisotopic (exact) mass is 479 g/mol. The number of pyridine rings is 1. The molecule has 188 valence electrons. The summed E-state index contributed by atoms with van der Waals surface area (Å²) in [6, 6.07) is 19.0. The lowest BCUT2D eigenvalue weighted by atomic mass is 9.93. The minimum atomic E-state index is 0.362. The van der Waals surface area contributed by atoms with Gasteiger partial charge in [-0.25, -0.2) is 4.98 Å². The predicted molar refractivity (Wildman–Crippen MR) is 158 cm³/mol. The number of rotatable bonds is 8. The van der Waals surface area contributed by atoms with Crippen LogP contribution in [0.4, 0.5) is 11.4 Å². The number of para-hydroxylation sites is 2. The van der Waals surface area contributed by atoms with Crippen LogP contribution in [0.25, 0.3) is 5.57 Å². The molecule has 0 saturated heterocycles. The van der Waals surface area contributed by atoms with Crippen molar-refractivity contribution in [1.82, 2.24) is 4.98 Å². The van der Waals surface area contributed by atoms with Crippen LogP contribution in [-0.2, 0) is 0 Å². The Morgan fingerprint density at radius 3 is 1.44 bits per heavy atom. The summed E-state index contributed by atoms with van der Waals surface area (Å²) in [5.41, 5.74) is 11.4. The number of hydrogen-bond donors (Lipinski definition) is 0. The molecule has 3 nitrogen and oxygen atoms in total. The summed E-state index contributed by atoms with van der Waals surface area (Å²) >= 11 is 0. The Balaban J connectivity index is 2.09. The SMILES string of the molecule is C=C(C)c1cccc(C(C)C)c1N=C(C)c1cccc(C(C)=Nc2c(C(C)C)cccc2C(C)C)n1. The molecular formula is C33H41N3. The van der Waals surface area contributed by atoms with E-state index in [-0.39, 0.29) is 0 Å². The zero-order chi connectivity index (χ0) is 26.6. The first-order valence-electron chi connectivity index (χ1n) is 13.0. The number of aromatic nitrogens is 1. The third-order valence-electron chi connectivity index (χ3n) is 6.54. The maximum Gasteiger partial charge on any atom is 0.0849 e. The van der Waals surface area contributed by atoms with E-state index in [9.17, 15) is 0 Å². The van der Waals surface area contributed by atoms with Gasteiger partial charge in [0.05, 0.1) is 34.2 Å². The standard InChI is InChI=1S/C33H41N3/c1-20(2)26-14-11-15-27(21(3)4)32(26)34-24(9)30-18-13-19-31(36-30)25(10)35-33-28(22(5)6)16-12-17-29(33)23(7)8/h11-19,21-23H,1H2,2-10H3. The largest absolute Gasteiger partial charge is 0.251 e. The summed E-state index contributed by atoms with van der Waals surface area (Å²) in [5, 5.41) is 0. The van der Waals surface area contributed by atoms with Gasteiger partial charge in [0, 0.05) is 5.56 Å². The first-order valence-corrected chi connectivity index (χ1v) is 13.0. The molecule has 0 aliphatic heterocycles. The van der Waals surface area contributed by atoms with Crippen LogP contribution in [0, 0.1) is 0 Å². The maximum absolute atomic E-state index is 5.13. The lowest BCUT2D eigenvalue weighted by Gasteiger charge is -2.17. The summed E-state index contributed by atoms with van der Waals surface area (Å²) in [6.07, 6.45) is 0. The van der Waals surface area contributed by atoms with Gasteiger partial charge in [0.15, 0.2) is 0 Å². The molecule has 3 rings (SSSR count). The van der Waals surface area contributed by atoms with Crippen molar-refractivity contribution in [1.29, 1.82) is 0 Å². The molecule has 0 aliphatic carbocycles. The van der Waals surface area contributed by atoms with Gasteiger partial charge in [-0.05, 0) is 72.9 Å². The molecule has 2 aromatic carbocycles. The van der Waals surface area contributed by atoms with Gasteiger partial charge in [-0.2, -0.15) is 0 Å². The minimum Gasteiger partial charge on any atom is -0.251 e. The Morgan fingerprint density at radius 2 is 1.00 bits per heavy atom. The fraction of sp³-hybridized carbons (Fsp3) is 0.364. The van der Waals surface area contributed by atoms with Crippen molar-refractivity contribution in [2.75, 3.05) is 0 Å². The Bertz CT molecular complexity index is 1280. The third-order valence-corrected chi connectivity index (χ3v) is 6.54. The average Bonchev–Trinajstić information content (AvgIpc) is 2.83. The lowest BCUT2D eigenvalue weighted by Crippen LogP contribution is -2.06. The van der Waals surface area contributed by atoms with Crippen LogP contribution in [0.1, 0.15) is 114 Å². The van der Waals surface area contributed by atoms with Gasteiger partial charge < -0.3 is 0 Å². The van der Waals surface area contributed by atoms with E-state index in [1.807, 2.05) is 39.0 Å². The highest BCUT2D eigenvalue weighted by Gasteiger charge is 2.15. The van der Waals surface area contributed by atoms with Crippen LogP contribution >= 0.6 is 0 Å². The van der Waals surface area contributed by atoms with Gasteiger partial charge in [0.2, 0.25) is 0 Å². The van der Waals surface area contributed by atoms with E-state index in [0.717, 1.165) is 45.3 Å². The second kappa shape index (κ2) is 11.6. The molecule has 0 atom stereocenters. The normalized spacial score (nSPS) is 12.7. The molecule has 0 saturated carbocycles. The second-order valence-corrected chi connectivity index (χ2v) is 10.6. The van der Waals surface area contributed by atoms with Crippen LogP contribution in [0.15, 0.2) is 71.2 Å². The van der Waals surface area contributed by atoms with Gasteiger partial charge in [-0.3, -0.25) is 9.98 Å². The predicted octanol–water partition coefficient (Wildman–Crippen LogP) is 9.77. The molecule has 3 aromatic rings. The molecule has 0 spiro atoms. The number of benzene rings is 2. The van der Waals surface area contributed by atoms with Crippen molar-refractivity contribution in [2.24, 2.45) is 9.98 Å². The quantitative estimate of drug-likeness (QED) is 0.296. The second-order valence-electron chi connectivity index (χ2n) is 10.6. The van der Waals surface area contributed by atoms with Gasteiger partial charge in [0.1, 0.15) is 0 Å². The molecule has 0 bridgehead atoms. The van der Waals surface area contributed by atoms with Crippen molar-refractivity contribution >= 4 is 28.4 Å². The van der Waals surface area contributed by atoms with Crippen LogP contribution < -0.4 is 0 Å². The van der Waals surface area contributed by atoms with Gasteiger partial charge >= 0.3 is 0 Å². The molecule has 36 heavy (non-hydrogen) atoms. The Labute approximate surface area is 218 Å². The molecule has 0 aliphatic rings. The highest BCUT2D eigenvalue weighted by atomic mass is 14.8. The van der Waals surface area contributed by atoms with E-state index >= 15 is 0 Å². The summed E-state index contributed by atoms with van der Waals surface area (Å²) in [5.74, 6) is 1.15. The molecule has 0 unspecified atom stereocenters. The van der Waals surface area contributed by atoms with Crippen LogP contribution in [0.5, 0.6) is 0 Å². The maximum atomic E-state index is 5.13. The molecule has 1 aromatic heterocycles. The number of allylic oxidation sites excluding steroid dienone is 1.